The maximum atomic E-state index is 13.1. The quantitative estimate of drug-likeness (QED) is 0.352. The standard InChI is InChI=1S/C22H19NO.C8H8O3/c1-16-19-14-8-9-15-20(19)23(22(16)24)21(17-10-4-2-5-11-17)18-12-6-3-7-13-18;1-9-6-2-3-7-8(4-6)11-5-10-7/h2-16,21H,1H3;2-4H,5H2,1H3. The van der Waals surface area contributed by atoms with Crippen LogP contribution < -0.4 is 19.1 Å². The fourth-order valence-corrected chi connectivity index (χ4v) is 4.56. The second-order valence-electron chi connectivity index (χ2n) is 8.43. The molecule has 0 bridgehead atoms. The lowest BCUT2D eigenvalue weighted by Crippen LogP contribution is -2.33. The maximum absolute atomic E-state index is 13.1. The van der Waals surface area contributed by atoms with Crippen LogP contribution in [0.5, 0.6) is 17.2 Å². The van der Waals surface area contributed by atoms with Gasteiger partial charge in [-0.15, -0.1) is 0 Å². The van der Waals surface area contributed by atoms with Gasteiger partial charge in [-0.25, -0.2) is 0 Å². The molecule has 0 aliphatic carbocycles. The first-order valence-electron chi connectivity index (χ1n) is 11.6. The van der Waals surface area contributed by atoms with E-state index in [1.54, 1.807) is 7.11 Å². The van der Waals surface area contributed by atoms with Crippen LogP contribution >= 0.6 is 0 Å². The number of carbonyl (C=O) groups is 1. The van der Waals surface area contributed by atoms with Gasteiger partial charge in [-0.1, -0.05) is 78.9 Å². The molecule has 5 heteroatoms. The molecular formula is C30H27NO4. The lowest BCUT2D eigenvalue weighted by atomic mass is 9.97. The van der Waals surface area contributed by atoms with Crippen molar-refractivity contribution in [3.63, 3.8) is 0 Å². The average Bonchev–Trinajstić information content (AvgIpc) is 3.49. The van der Waals surface area contributed by atoms with Crippen molar-refractivity contribution in [1.82, 2.24) is 0 Å². The molecule has 176 valence electrons. The third-order valence-corrected chi connectivity index (χ3v) is 6.34. The minimum Gasteiger partial charge on any atom is -0.497 e. The summed E-state index contributed by atoms with van der Waals surface area (Å²) < 4.78 is 15.3. The predicted molar refractivity (Wildman–Crippen MR) is 136 cm³/mol. The second kappa shape index (κ2) is 9.94. The van der Waals surface area contributed by atoms with E-state index in [1.165, 1.54) is 0 Å². The summed E-state index contributed by atoms with van der Waals surface area (Å²) in [4.78, 5) is 15.0. The van der Waals surface area contributed by atoms with Crippen LogP contribution in [0, 0.1) is 0 Å². The highest BCUT2D eigenvalue weighted by atomic mass is 16.7. The van der Waals surface area contributed by atoms with Gasteiger partial charge in [-0.3, -0.25) is 9.69 Å². The average molecular weight is 466 g/mol. The highest BCUT2D eigenvalue weighted by Crippen LogP contribution is 2.44. The Morgan fingerprint density at radius 1 is 0.800 bits per heavy atom. The number of nitrogens with zero attached hydrogens (tertiary/aromatic N) is 1. The van der Waals surface area contributed by atoms with Gasteiger partial charge in [0, 0.05) is 11.8 Å². The summed E-state index contributed by atoms with van der Waals surface area (Å²) in [6, 6.07) is 34.0. The predicted octanol–water partition coefficient (Wildman–Crippen LogP) is 6.35. The molecule has 0 fully saturated rings. The third kappa shape index (κ3) is 4.45. The summed E-state index contributed by atoms with van der Waals surface area (Å²) in [6.07, 6.45) is 0. The lowest BCUT2D eigenvalue weighted by Gasteiger charge is -2.30. The van der Waals surface area contributed by atoms with Crippen molar-refractivity contribution >= 4 is 11.6 Å². The Labute approximate surface area is 205 Å². The molecule has 2 aliphatic heterocycles. The molecule has 0 aromatic heterocycles. The minimum absolute atomic E-state index is 0.101. The molecule has 35 heavy (non-hydrogen) atoms. The Morgan fingerprint density at radius 2 is 1.40 bits per heavy atom. The van der Waals surface area contributed by atoms with Crippen LogP contribution in [0.4, 0.5) is 5.69 Å². The summed E-state index contributed by atoms with van der Waals surface area (Å²) in [5.74, 6) is 2.38. The van der Waals surface area contributed by atoms with Gasteiger partial charge in [0.25, 0.3) is 0 Å². The summed E-state index contributed by atoms with van der Waals surface area (Å²) >= 11 is 0. The summed E-state index contributed by atoms with van der Waals surface area (Å²) in [7, 11) is 1.62. The van der Waals surface area contributed by atoms with Crippen molar-refractivity contribution in [1.29, 1.82) is 0 Å². The van der Waals surface area contributed by atoms with E-state index in [4.69, 9.17) is 14.2 Å². The monoisotopic (exact) mass is 465 g/mol. The van der Waals surface area contributed by atoms with Gasteiger partial charge in [-0.2, -0.15) is 0 Å². The Morgan fingerprint density at radius 3 is 2.06 bits per heavy atom. The molecule has 6 rings (SSSR count). The molecular weight excluding hydrogens is 438 g/mol. The number of para-hydroxylation sites is 1. The number of hydrogen-bond donors (Lipinski definition) is 0. The highest BCUT2D eigenvalue weighted by Gasteiger charge is 2.39. The number of ether oxygens (including phenoxy) is 3. The zero-order valence-corrected chi connectivity index (χ0v) is 19.8. The van der Waals surface area contributed by atoms with Crippen LogP contribution in [0.1, 0.15) is 35.6 Å². The molecule has 5 nitrogen and oxygen atoms in total. The Kier molecular flexibility index (Phi) is 6.40. The van der Waals surface area contributed by atoms with Crippen molar-refractivity contribution in [3.8, 4) is 17.2 Å². The number of hydrogen-bond acceptors (Lipinski definition) is 4. The fourth-order valence-electron chi connectivity index (χ4n) is 4.56. The molecule has 1 unspecified atom stereocenters. The molecule has 2 heterocycles. The van der Waals surface area contributed by atoms with Crippen LogP contribution in [0.15, 0.2) is 103 Å². The molecule has 0 spiro atoms. The first kappa shape index (κ1) is 22.5. The first-order valence-corrected chi connectivity index (χ1v) is 11.6. The zero-order valence-electron chi connectivity index (χ0n) is 19.8. The van der Waals surface area contributed by atoms with Gasteiger partial charge >= 0.3 is 0 Å². The van der Waals surface area contributed by atoms with Gasteiger partial charge in [0.15, 0.2) is 11.5 Å². The summed E-state index contributed by atoms with van der Waals surface area (Å²) in [5.41, 5.74) is 4.38. The molecule has 1 amide bonds. The number of fused-ring (bicyclic) bond motifs is 2. The molecule has 4 aromatic carbocycles. The Hall–Kier alpha value is -4.25. The summed E-state index contributed by atoms with van der Waals surface area (Å²) in [6.45, 7) is 2.30. The van der Waals surface area contributed by atoms with Crippen LogP contribution in [0.2, 0.25) is 0 Å². The van der Waals surface area contributed by atoms with Crippen molar-refractivity contribution < 1.29 is 19.0 Å². The fraction of sp³-hybridized carbons (Fsp3) is 0.167. The largest absolute Gasteiger partial charge is 0.497 e. The van der Waals surface area contributed by atoms with E-state index in [-0.39, 0.29) is 17.9 Å². The van der Waals surface area contributed by atoms with E-state index >= 15 is 0 Å². The van der Waals surface area contributed by atoms with Gasteiger partial charge in [0.2, 0.25) is 12.7 Å². The molecule has 0 saturated carbocycles. The topological polar surface area (TPSA) is 48.0 Å². The minimum atomic E-state index is -0.106. The van der Waals surface area contributed by atoms with Gasteiger partial charge in [-0.05, 0) is 41.8 Å². The number of amides is 1. The molecule has 0 radical (unpaired) electrons. The van der Waals surface area contributed by atoms with E-state index in [2.05, 4.69) is 36.4 Å². The number of methoxy groups -OCH3 is 1. The lowest BCUT2D eigenvalue weighted by molar-refractivity contribution is -0.119. The van der Waals surface area contributed by atoms with Gasteiger partial charge in [0.05, 0.1) is 19.1 Å². The van der Waals surface area contributed by atoms with Crippen molar-refractivity contribution in [2.75, 3.05) is 18.8 Å². The van der Waals surface area contributed by atoms with E-state index in [0.29, 0.717) is 6.79 Å². The van der Waals surface area contributed by atoms with Crippen LogP contribution in [-0.4, -0.2) is 19.8 Å². The number of carbonyl (C=O) groups excluding carboxylic acids is 1. The SMILES string of the molecule is CC1C(=O)N(C(c2ccccc2)c2ccccc2)c2ccccc21.COc1ccc2c(c1)OCO2. The highest BCUT2D eigenvalue weighted by molar-refractivity contribution is 6.05. The van der Waals surface area contributed by atoms with Crippen LogP contribution in [0.3, 0.4) is 0 Å². The maximum Gasteiger partial charge on any atom is 0.235 e. The van der Waals surface area contributed by atoms with Crippen molar-refractivity contribution in [3.05, 3.63) is 120 Å². The van der Waals surface area contributed by atoms with Crippen molar-refractivity contribution in [2.45, 2.75) is 18.9 Å². The zero-order chi connectivity index (χ0) is 24.2. The van der Waals surface area contributed by atoms with Gasteiger partial charge in [0.1, 0.15) is 5.75 Å². The Bertz CT molecular complexity index is 1270. The molecule has 0 N–H and O–H groups in total. The smallest absolute Gasteiger partial charge is 0.235 e. The normalized spacial score (nSPS) is 15.5. The van der Waals surface area contributed by atoms with Gasteiger partial charge < -0.3 is 14.2 Å². The van der Waals surface area contributed by atoms with Crippen LogP contribution in [-0.2, 0) is 4.79 Å². The summed E-state index contributed by atoms with van der Waals surface area (Å²) in [5, 5.41) is 0. The van der Waals surface area contributed by atoms with E-state index < -0.39 is 0 Å². The Balaban J connectivity index is 0.000000192. The molecule has 0 saturated heterocycles. The van der Waals surface area contributed by atoms with E-state index in [1.807, 2.05) is 78.6 Å². The molecule has 1 atom stereocenters. The van der Waals surface area contributed by atoms with E-state index in [0.717, 1.165) is 39.6 Å². The van der Waals surface area contributed by atoms with Crippen molar-refractivity contribution in [2.24, 2.45) is 0 Å². The molecule has 4 aromatic rings. The van der Waals surface area contributed by atoms with Crippen LogP contribution in [0.25, 0.3) is 0 Å². The molecule has 2 aliphatic rings. The second-order valence-corrected chi connectivity index (χ2v) is 8.43. The number of rotatable bonds is 4. The third-order valence-electron chi connectivity index (χ3n) is 6.34. The number of anilines is 1. The first-order chi connectivity index (χ1) is 17.2. The van der Waals surface area contributed by atoms with E-state index in [9.17, 15) is 4.79 Å². The number of benzene rings is 4.